The van der Waals surface area contributed by atoms with Gasteiger partial charge in [-0.1, -0.05) is 19.9 Å². The first-order valence-corrected chi connectivity index (χ1v) is 10.0. The number of carbonyl (C=O) groups excluding carboxylic acids is 1. The monoisotopic (exact) mass is 395 g/mol. The number of nitrogens with one attached hydrogen (secondary N) is 1. The third-order valence-corrected chi connectivity index (χ3v) is 6.55. The van der Waals surface area contributed by atoms with Crippen molar-refractivity contribution in [2.24, 2.45) is 11.1 Å². The Morgan fingerprint density at radius 2 is 1.96 bits per heavy atom. The molecular weight excluding hydrogens is 364 g/mol. The van der Waals surface area contributed by atoms with Crippen molar-refractivity contribution in [2.75, 3.05) is 19.7 Å². The number of halogens is 2. The lowest BCUT2D eigenvalue weighted by atomic mass is 9.54. The molecule has 156 valence electrons. The number of nitrogens with zero attached hydrogens (tertiary/aromatic N) is 1. The van der Waals surface area contributed by atoms with Gasteiger partial charge in [0.1, 0.15) is 5.54 Å². The maximum atomic E-state index is 13.4. The summed E-state index contributed by atoms with van der Waals surface area (Å²) in [5.74, 6) is -1.75. The number of hydrogen-bond acceptors (Lipinski definition) is 4. The predicted molar refractivity (Wildman–Crippen MR) is 104 cm³/mol. The van der Waals surface area contributed by atoms with Crippen LogP contribution in [0.15, 0.2) is 18.2 Å². The summed E-state index contributed by atoms with van der Waals surface area (Å²) in [6.07, 6.45) is 2.15. The van der Waals surface area contributed by atoms with Crippen molar-refractivity contribution in [3.63, 3.8) is 0 Å². The summed E-state index contributed by atoms with van der Waals surface area (Å²) in [5, 5.41) is 3.12. The van der Waals surface area contributed by atoms with E-state index in [2.05, 4.69) is 10.2 Å². The van der Waals surface area contributed by atoms with Crippen LogP contribution in [0.3, 0.4) is 0 Å². The Balaban J connectivity index is 1.49. The first-order chi connectivity index (χ1) is 13.2. The Labute approximate surface area is 165 Å². The van der Waals surface area contributed by atoms with E-state index in [9.17, 15) is 13.6 Å². The molecule has 0 radical (unpaired) electrons. The van der Waals surface area contributed by atoms with E-state index in [1.807, 2.05) is 20.8 Å². The van der Waals surface area contributed by atoms with E-state index < -0.39 is 22.6 Å². The molecule has 1 aliphatic carbocycles. The first-order valence-electron chi connectivity index (χ1n) is 10.0. The van der Waals surface area contributed by atoms with E-state index >= 15 is 0 Å². The number of benzene rings is 1. The Morgan fingerprint density at radius 3 is 2.54 bits per heavy atom. The van der Waals surface area contributed by atoms with Crippen LogP contribution in [0.25, 0.3) is 0 Å². The van der Waals surface area contributed by atoms with Gasteiger partial charge < -0.3 is 15.8 Å². The van der Waals surface area contributed by atoms with Crippen molar-refractivity contribution in [3.05, 3.63) is 35.4 Å². The fraction of sp³-hybridized carbons (Fsp3) is 0.667. The maximum Gasteiger partial charge on any atom is 0.241 e. The fourth-order valence-electron chi connectivity index (χ4n) is 4.27. The molecule has 3 N–H and O–H groups in total. The van der Waals surface area contributed by atoms with Crippen molar-refractivity contribution in [2.45, 2.75) is 64.3 Å². The van der Waals surface area contributed by atoms with Crippen LogP contribution in [-0.4, -0.2) is 48.2 Å². The van der Waals surface area contributed by atoms with E-state index in [4.69, 9.17) is 10.5 Å². The Kier molecular flexibility index (Phi) is 6.08. The van der Waals surface area contributed by atoms with Crippen molar-refractivity contribution in [1.82, 2.24) is 10.2 Å². The van der Waals surface area contributed by atoms with E-state index in [-0.39, 0.29) is 18.1 Å². The summed E-state index contributed by atoms with van der Waals surface area (Å²) in [6.45, 7) is 8.67. The Bertz CT molecular complexity index is 720. The molecule has 2 unspecified atom stereocenters. The number of rotatable bonds is 6. The predicted octanol–water partition coefficient (Wildman–Crippen LogP) is 2.58. The van der Waals surface area contributed by atoms with Gasteiger partial charge in [0.15, 0.2) is 11.6 Å². The molecule has 2 aliphatic rings. The zero-order valence-corrected chi connectivity index (χ0v) is 16.9. The van der Waals surface area contributed by atoms with Gasteiger partial charge in [0.05, 0.1) is 6.10 Å². The second kappa shape index (κ2) is 8.05. The van der Waals surface area contributed by atoms with Crippen LogP contribution in [0, 0.1) is 17.0 Å². The van der Waals surface area contributed by atoms with Crippen LogP contribution in [0.5, 0.6) is 0 Å². The minimum absolute atomic E-state index is 0.00574. The van der Waals surface area contributed by atoms with E-state index in [0.717, 1.165) is 37.6 Å². The molecule has 0 spiro atoms. The Hall–Kier alpha value is -1.57. The summed E-state index contributed by atoms with van der Waals surface area (Å²) in [4.78, 5) is 15.0. The average Bonchev–Trinajstić information content (AvgIpc) is 2.66. The van der Waals surface area contributed by atoms with Crippen molar-refractivity contribution in [3.8, 4) is 0 Å². The number of piperidine rings is 1. The number of hydrogen-bond donors (Lipinski definition) is 2. The van der Waals surface area contributed by atoms with Gasteiger partial charge >= 0.3 is 0 Å². The molecule has 1 heterocycles. The molecule has 2 atom stereocenters. The van der Waals surface area contributed by atoms with Crippen molar-refractivity contribution < 1.29 is 18.3 Å². The first kappa shape index (κ1) is 21.1. The molecule has 0 aromatic heterocycles. The van der Waals surface area contributed by atoms with Crippen LogP contribution < -0.4 is 11.1 Å². The molecule has 1 saturated carbocycles. The second-order valence-corrected chi connectivity index (χ2v) is 8.61. The highest BCUT2D eigenvalue weighted by Gasteiger charge is 2.63. The summed E-state index contributed by atoms with van der Waals surface area (Å²) in [6, 6.07) is 4.09. The standard InChI is InChI=1S/C21H31F2N3O2/c1-4-28-18-12-21(24,20(18,2)3)19(27)25-15-7-9-26(10-8-15)13-14-5-6-16(22)17(23)11-14/h5-6,11,15,18H,4,7-10,12-13,24H2,1-3H3,(H,25,27). The third-order valence-electron chi connectivity index (χ3n) is 6.55. The summed E-state index contributed by atoms with van der Waals surface area (Å²) in [7, 11) is 0. The zero-order chi connectivity index (χ0) is 20.5. The molecule has 1 aliphatic heterocycles. The van der Waals surface area contributed by atoms with Crippen LogP contribution in [-0.2, 0) is 16.1 Å². The number of ether oxygens (including phenoxy) is 1. The molecule has 5 nitrogen and oxygen atoms in total. The minimum Gasteiger partial charge on any atom is -0.378 e. The van der Waals surface area contributed by atoms with Crippen molar-refractivity contribution in [1.29, 1.82) is 0 Å². The third kappa shape index (κ3) is 3.93. The minimum atomic E-state index is -0.907. The van der Waals surface area contributed by atoms with Crippen LogP contribution in [0.4, 0.5) is 8.78 Å². The van der Waals surface area contributed by atoms with Gasteiger partial charge in [0.25, 0.3) is 0 Å². The summed E-state index contributed by atoms with van der Waals surface area (Å²) >= 11 is 0. The van der Waals surface area contributed by atoms with Crippen molar-refractivity contribution >= 4 is 5.91 Å². The maximum absolute atomic E-state index is 13.4. The lowest BCUT2D eigenvalue weighted by molar-refractivity contribution is -0.171. The van der Waals surface area contributed by atoms with Gasteiger partial charge in [-0.15, -0.1) is 0 Å². The summed E-state index contributed by atoms with van der Waals surface area (Å²) in [5.41, 5.74) is 5.89. The largest absolute Gasteiger partial charge is 0.378 e. The highest BCUT2D eigenvalue weighted by atomic mass is 19.2. The quantitative estimate of drug-likeness (QED) is 0.777. The van der Waals surface area contributed by atoms with Gasteiger partial charge in [0, 0.05) is 44.1 Å². The molecule has 1 amide bonds. The highest BCUT2D eigenvalue weighted by Crippen LogP contribution is 2.49. The molecule has 2 fully saturated rings. The van der Waals surface area contributed by atoms with E-state index in [0.29, 0.717) is 19.6 Å². The summed E-state index contributed by atoms with van der Waals surface area (Å²) < 4.78 is 32.1. The normalized spacial score (nSPS) is 28.0. The van der Waals surface area contributed by atoms with Gasteiger partial charge in [-0.25, -0.2) is 8.78 Å². The highest BCUT2D eigenvalue weighted by molar-refractivity contribution is 5.89. The van der Waals surface area contributed by atoms with Gasteiger partial charge in [0.2, 0.25) is 5.91 Å². The molecule has 3 rings (SSSR count). The van der Waals surface area contributed by atoms with Gasteiger partial charge in [-0.05, 0) is 37.5 Å². The van der Waals surface area contributed by atoms with E-state index in [1.54, 1.807) is 6.07 Å². The lowest BCUT2D eigenvalue weighted by Crippen LogP contribution is -2.76. The molecule has 1 aromatic carbocycles. The van der Waals surface area contributed by atoms with Gasteiger partial charge in [-0.2, -0.15) is 0 Å². The molecule has 0 bridgehead atoms. The number of nitrogens with two attached hydrogens (primary N) is 1. The van der Waals surface area contributed by atoms with Crippen LogP contribution in [0.2, 0.25) is 0 Å². The van der Waals surface area contributed by atoms with Gasteiger partial charge in [-0.3, -0.25) is 9.69 Å². The smallest absolute Gasteiger partial charge is 0.241 e. The molecule has 1 aromatic rings. The second-order valence-electron chi connectivity index (χ2n) is 8.61. The fourth-order valence-corrected chi connectivity index (χ4v) is 4.27. The zero-order valence-electron chi connectivity index (χ0n) is 16.9. The van der Waals surface area contributed by atoms with Crippen LogP contribution in [0.1, 0.15) is 45.6 Å². The molecule has 7 heteroatoms. The average molecular weight is 395 g/mol. The SMILES string of the molecule is CCOC1CC(N)(C(=O)NC2CCN(Cc3ccc(F)c(F)c3)CC2)C1(C)C. The lowest BCUT2D eigenvalue weighted by Gasteiger charge is -2.57. The topological polar surface area (TPSA) is 67.6 Å². The number of carbonyl (C=O) groups is 1. The molecular formula is C21H31F2N3O2. The number of amides is 1. The van der Waals surface area contributed by atoms with E-state index in [1.165, 1.54) is 6.07 Å². The molecule has 1 saturated heterocycles. The number of likely N-dealkylation sites (tertiary alicyclic amines) is 1. The Morgan fingerprint density at radius 1 is 1.29 bits per heavy atom. The molecule has 28 heavy (non-hydrogen) atoms. The van der Waals surface area contributed by atoms with Crippen LogP contribution >= 0.6 is 0 Å².